The summed E-state index contributed by atoms with van der Waals surface area (Å²) in [6.45, 7) is 3.36. The standard InChI is InChI=1S/C16H14Cl3N3OS/c1-2-13(23)21-14(16(17,18)19)22-15(24)20-12-9-5-7-10-6-3-4-8-11(10)12/h2-9,14H,1H2,(H,21,23)(H2,20,22,24). The minimum atomic E-state index is -1.80. The summed E-state index contributed by atoms with van der Waals surface area (Å²) in [5.74, 6) is -0.494. The van der Waals surface area contributed by atoms with Crippen LogP contribution in [0.1, 0.15) is 0 Å². The summed E-state index contributed by atoms with van der Waals surface area (Å²) in [6.07, 6.45) is 0.0506. The molecule has 0 aromatic heterocycles. The zero-order valence-electron chi connectivity index (χ0n) is 12.4. The molecule has 0 spiro atoms. The summed E-state index contributed by atoms with van der Waals surface area (Å²) < 4.78 is -1.80. The van der Waals surface area contributed by atoms with Crippen LogP contribution in [0, 0.1) is 0 Å². The lowest BCUT2D eigenvalue weighted by Gasteiger charge is -2.27. The minimum Gasteiger partial charge on any atom is -0.339 e. The SMILES string of the molecule is C=CC(=O)NC(NC(=S)Nc1cccc2ccccc12)C(Cl)(Cl)Cl. The molecule has 2 aromatic rings. The molecule has 0 heterocycles. The summed E-state index contributed by atoms with van der Waals surface area (Å²) in [5, 5.41) is 10.5. The quantitative estimate of drug-likeness (QED) is 0.312. The van der Waals surface area contributed by atoms with Crippen molar-refractivity contribution in [3.63, 3.8) is 0 Å². The zero-order chi connectivity index (χ0) is 17.7. The minimum absolute atomic E-state index is 0.201. The molecular formula is C16H14Cl3N3OS. The second-order valence-electron chi connectivity index (χ2n) is 4.81. The number of benzene rings is 2. The molecule has 3 N–H and O–H groups in total. The number of thiocarbonyl (C=S) groups is 1. The summed E-state index contributed by atoms with van der Waals surface area (Å²) in [6, 6.07) is 13.6. The van der Waals surface area contributed by atoms with E-state index >= 15 is 0 Å². The van der Waals surface area contributed by atoms with Crippen molar-refractivity contribution in [3.05, 3.63) is 55.1 Å². The second kappa shape index (κ2) is 8.03. The molecule has 1 unspecified atom stereocenters. The van der Waals surface area contributed by atoms with E-state index < -0.39 is 15.9 Å². The van der Waals surface area contributed by atoms with Gasteiger partial charge in [0.15, 0.2) is 5.11 Å². The van der Waals surface area contributed by atoms with Crippen molar-refractivity contribution >= 4 is 74.5 Å². The Hall–Kier alpha value is -1.53. The van der Waals surface area contributed by atoms with Crippen LogP contribution in [0.5, 0.6) is 0 Å². The van der Waals surface area contributed by atoms with E-state index in [1.54, 1.807) is 0 Å². The Morgan fingerprint density at radius 2 is 1.79 bits per heavy atom. The largest absolute Gasteiger partial charge is 0.339 e. The fraction of sp³-hybridized carbons (Fsp3) is 0.125. The summed E-state index contributed by atoms with van der Waals surface area (Å²) in [7, 11) is 0. The van der Waals surface area contributed by atoms with E-state index in [2.05, 4.69) is 22.5 Å². The maximum absolute atomic E-state index is 11.5. The molecule has 1 atom stereocenters. The lowest BCUT2D eigenvalue weighted by atomic mass is 10.1. The van der Waals surface area contributed by atoms with Gasteiger partial charge < -0.3 is 16.0 Å². The van der Waals surface area contributed by atoms with Crippen LogP contribution >= 0.6 is 47.0 Å². The predicted molar refractivity (Wildman–Crippen MR) is 106 cm³/mol. The maximum Gasteiger partial charge on any atom is 0.245 e. The van der Waals surface area contributed by atoms with Crippen molar-refractivity contribution in [2.75, 3.05) is 5.32 Å². The van der Waals surface area contributed by atoms with E-state index in [0.717, 1.165) is 22.5 Å². The summed E-state index contributed by atoms with van der Waals surface area (Å²) in [5.41, 5.74) is 0.795. The Balaban J connectivity index is 2.15. The van der Waals surface area contributed by atoms with E-state index in [1.165, 1.54) is 0 Å². The van der Waals surface area contributed by atoms with Gasteiger partial charge in [0.2, 0.25) is 9.70 Å². The highest BCUT2D eigenvalue weighted by Gasteiger charge is 2.34. The lowest BCUT2D eigenvalue weighted by molar-refractivity contribution is -0.117. The Morgan fingerprint density at radius 3 is 2.46 bits per heavy atom. The number of hydrogen-bond acceptors (Lipinski definition) is 2. The first-order valence-electron chi connectivity index (χ1n) is 6.86. The Morgan fingerprint density at radius 1 is 1.12 bits per heavy atom. The molecule has 8 heteroatoms. The predicted octanol–water partition coefficient (Wildman–Crippen LogP) is 4.12. The van der Waals surface area contributed by atoms with Crippen molar-refractivity contribution in [2.24, 2.45) is 0 Å². The molecule has 1 amide bonds. The van der Waals surface area contributed by atoms with Crippen molar-refractivity contribution in [2.45, 2.75) is 9.96 Å². The molecular weight excluding hydrogens is 389 g/mol. The van der Waals surface area contributed by atoms with Gasteiger partial charge in [0, 0.05) is 11.1 Å². The number of halogens is 3. The van der Waals surface area contributed by atoms with E-state index in [0.29, 0.717) is 0 Å². The number of alkyl halides is 3. The second-order valence-corrected chi connectivity index (χ2v) is 7.59. The highest BCUT2D eigenvalue weighted by Crippen LogP contribution is 2.29. The summed E-state index contributed by atoms with van der Waals surface area (Å²) in [4.78, 5) is 11.5. The Labute approximate surface area is 160 Å². The molecule has 0 aliphatic heterocycles. The molecule has 2 aromatic carbocycles. The van der Waals surface area contributed by atoms with Gasteiger partial charge in [-0.05, 0) is 29.7 Å². The van der Waals surface area contributed by atoms with Crippen LogP contribution < -0.4 is 16.0 Å². The van der Waals surface area contributed by atoms with Crippen LogP contribution in [0.3, 0.4) is 0 Å². The van der Waals surface area contributed by atoms with E-state index in [1.807, 2.05) is 42.5 Å². The zero-order valence-corrected chi connectivity index (χ0v) is 15.4. The Kier molecular flexibility index (Phi) is 6.29. The topological polar surface area (TPSA) is 53.2 Å². The van der Waals surface area contributed by atoms with Gasteiger partial charge in [-0.2, -0.15) is 0 Å². The monoisotopic (exact) mass is 401 g/mol. The number of fused-ring (bicyclic) bond motifs is 1. The van der Waals surface area contributed by atoms with Crippen LogP contribution in [-0.4, -0.2) is 21.0 Å². The molecule has 2 rings (SSSR count). The van der Waals surface area contributed by atoms with Gasteiger partial charge in [0.25, 0.3) is 0 Å². The molecule has 0 bridgehead atoms. The molecule has 0 aliphatic carbocycles. The van der Waals surface area contributed by atoms with Crippen LogP contribution in [-0.2, 0) is 4.79 Å². The number of carbonyl (C=O) groups is 1. The van der Waals surface area contributed by atoms with Gasteiger partial charge in [-0.15, -0.1) is 0 Å². The van der Waals surface area contributed by atoms with Gasteiger partial charge in [0.05, 0.1) is 0 Å². The molecule has 0 saturated heterocycles. The van der Waals surface area contributed by atoms with Crippen molar-refractivity contribution in [1.82, 2.24) is 10.6 Å². The van der Waals surface area contributed by atoms with Crippen molar-refractivity contribution in [1.29, 1.82) is 0 Å². The van der Waals surface area contributed by atoms with Gasteiger partial charge in [0.1, 0.15) is 6.17 Å². The number of amides is 1. The lowest BCUT2D eigenvalue weighted by Crippen LogP contribution is -2.55. The third-order valence-electron chi connectivity index (χ3n) is 3.11. The number of nitrogens with one attached hydrogen (secondary N) is 3. The first-order chi connectivity index (χ1) is 11.3. The first kappa shape index (κ1) is 18.8. The fourth-order valence-corrected chi connectivity index (χ4v) is 2.58. The molecule has 4 nitrogen and oxygen atoms in total. The first-order valence-corrected chi connectivity index (χ1v) is 8.40. The van der Waals surface area contributed by atoms with E-state index in [4.69, 9.17) is 47.0 Å². The van der Waals surface area contributed by atoms with Gasteiger partial charge in [-0.3, -0.25) is 4.79 Å². The van der Waals surface area contributed by atoms with E-state index in [9.17, 15) is 4.79 Å². The Bertz CT molecular complexity index is 771. The third kappa shape index (κ3) is 4.98. The van der Waals surface area contributed by atoms with Crippen LogP contribution in [0.4, 0.5) is 5.69 Å². The van der Waals surface area contributed by atoms with Crippen molar-refractivity contribution in [3.8, 4) is 0 Å². The fourth-order valence-electron chi connectivity index (χ4n) is 2.02. The van der Waals surface area contributed by atoms with Crippen LogP contribution in [0.2, 0.25) is 0 Å². The number of hydrogen-bond donors (Lipinski definition) is 3. The highest BCUT2D eigenvalue weighted by molar-refractivity contribution is 7.80. The average molecular weight is 403 g/mol. The van der Waals surface area contributed by atoms with Crippen LogP contribution in [0.25, 0.3) is 10.8 Å². The number of anilines is 1. The molecule has 126 valence electrons. The van der Waals surface area contributed by atoms with Gasteiger partial charge >= 0.3 is 0 Å². The maximum atomic E-state index is 11.5. The highest BCUT2D eigenvalue weighted by atomic mass is 35.6. The summed E-state index contributed by atoms with van der Waals surface area (Å²) >= 11 is 22.9. The molecule has 0 fully saturated rings. The molecule has 0 saturated carbocycles. The van der Waals surface area contributed by atoms with Gasteiger partial charge in [-0.1, -0.05) is 77.8 Å². The third-order valence-corrected chi connectivity index (χ3v) is 3.99. The molecule has 24 heavy (non-hydrogen) atoms. The van der Waals surface area contributed by atoms with E-state index in [-0.39, 0.29) is 5.11 Å². The van der Waals surface area contributed by atoms with Crippen LogP contribution in [0.15, 0.2) is 55.1 Å². The number of carbonyl (C=O) groups excluding carboxylic acids is 1. The molecule has 0 aliphatic rings. The number of rotatable bonds is 4. The van der Waals surface area contributed by atoms with Gasteiger partial charge in [-0.25, -0.2) is 0 Å². The smallest absolute Gasteiger partial charge is 0.245 e. The molecule has 0 radical (unpaired) electrons. The average Bonchev–Trinajstić information content (AvgIpc) is 2.53. The van der Waals surface area contributed by atoms with Crippen molar-refractivity contribution < 1.29 is 4.79 Å². The normalized spacial score (nSPS) is 12.3.